The van der Waals surface area contributed by atoms with Gasteiger partial charge in [-0.05, 0) is 23.8 Å². The van der Waals surface area contributed by atoms with Gasteiger partial charge in [0.2, 0.25) is 0 Å². The summed E-state index contributed by atoms with van der Waals surface area (Å²) in [5.74, 6) is 0.878. The minimum absolute atomic E-state index is 0.617. The highest BCUT2D eigenvalue weighted by atomic mass is 16.5. The van der Waals surface area contributed by atoms with Crippen LogP contribution in [0.2, 0.25) is 0 Å². The molecule has 0 unspecified atom stereocenters. The first-order valence-electron chi connectivity index (χ1n) is 6.27. The van der Waals surface area contributed by atoms with Gasteiger partial charge >= 0.3 is 0 Å². The summed E-state index contributed by atoms with van der Waals surface area (Å²) in [6.07, 6.45) is 0. The van der Waals surface area contributed by atoms with E-state index in [0.717, 1.165) is 18.0 Å². The van der Waals surface area contributed by atoms with Gasteiger partial charge in [-0.3, -0.25) is 0 Å². The van der Waals surface area contributed by atoms with Crippen molar-refractivity contribution in [2.45, 2.75) is 13.2 Å². The van der Waals surface area contributed by atoms with Crippen LogP contribution in [-0.2, 0) is 17.9 Å². The second-order valence-corrected chi connectivity index (χ2v) is 4.29. The average molecular weight is 257 g/mol. The summed E-state index contributed by atoms with van der Waals surface area (Å²) in [5.41, 5.74) is 3.49. The summed E-state index contributed by atoms with van der Waals surface area (Å²) in [5, 5.41) is 3.43. The van der Waals surface area contributed by atoms with Crippen LogP contribution < -0.4 is 10.1 Å². The van der Waals surface area contributed by atoms with Crippen molar-refractivity contribution >= 4 is 5.69 Å². The predicted octanol–water partition coefficient (Wildman–Crippen LogP) is 3.45. The number of para-hydroxylation sites is 1. The second-order valence-electron chi connectivity index (χ2n) is 4.29. The molecule has 1 N–H and O–H groups in total. The molecule has 0 aliphatic rings. The number of hydrogen-bond acceptors (Lipinski definition) is 3. The Morgan fingerprint density at radius 2 is 1.68 bits per heavy atom. The van der Waals surface area contributed by atoms with E-state index in [1.807, 2.05) is 24.3 Å². The van der Waals surface area contributed by atoms with E-state index in [0.29, 0.717) is 6.61 Å². The Morgan fingerprint density at radius 3 is 2.37 bits per heavy atom. The molecule has 3 heteroatoms. The summed E-state index contributed by atoms with van der Waals surface area (Å²) in [4.78, 5) is 0. The quantitative estimate of drug-likeness (QED) is 0.859. The van der Waals surface area contributed by atoms with Gasteiger partial charge in [0.25, 0.3) is 0 Å². The fraction of sp³-hybridized carbons (Fsp3) is 0.250. The molecule has 100 valence electrons. The largest absolute Gasteiger partial charge is 0.497 e. The van der Waals surface area contributed by atoms with Gasteiger partial charge in [-0.2, -0.15) is 0 Å². The maximum atomic E-state index is 5.19. The van der Waals surface area contributed by atoms with Gasteiger partial charge < -0.3 is 14.8 Å². The van der Waals surface area contributed by atoms with Crippen LogP contribution in [0.15, 0.2) is 48.5 Å². The molecule has 2 aromatic rings. The van der Waals surface area contributed by atoms with Crippen molar-refractivity contribution in [1.29, 1.82) is 0 Å². The number of rotatable bonds is 6. The van der Waals surface area contributed by atoms with E-state index in [2.05, 4.69) is 29.6 Å². The average Bonchev–Trinajstić information content (AvgIpc) is 2.47. The van der Waals surface area contributed by atoms with Crippen molar-refractivity contribution < 1.29 is 9.47 Å². The molecule has 0 radical (unpaired) electrons. The standard InChI is InChI=1S/C16H19NO2/c1-18-12-14-5-3-4-6-16(14)17-11-13-7-9-15(19-2)10-8-13/h3-10,17H,11-12H2,1-2H3. The van der Waals surface area contributed by atoms with E-state index in [1.54, 1.807) is 14.2 Å². The lowest BCUT2D eigenvalue weighted by Crippen LogP contribution is -2.03. The SMILES string of the molecule is COCc1ccccc1NCc1ccc(OC)cc1. The first-order chi connectivity index (χ1) is 9.33. The monoisotopic (exact) mass is 257 g/mol. The normalized spacial score (nSPS) is 10.2. The molecule has 0 saturated heterocycles. The number of hydrogen-bond donors (Lipinski definition) is 1. The molecule has 0 aliphatic heterocycles. The van der Waals surface area contributed by atoms with Crippen molar-refractivity contribution in [2.75, 3.05) is 19.5 Å². The number of nitrogens with one attached hydrogen (secondary N) is 1. The van der Waals surface area contributed by atoms with E-state index < -0.39 is 0 Å². The van der Waals surface area contributed by atoms with E-state index in [1.165, 1.54) is 11.1 Å². The van der Waals surface area contributed by atoms with Gasteiger partial charge in [-0.1, -0.05) is 30.3 Å². The predicted molar refractivity (Wildman–Crippen MR) is 77.5 cm³/mol. The van der Waals surface area contributed by atoms with Gasteiger partial charge in [-0.25, -0.2) is 0 Å². The third-order valence-corrected chi connectivity index (χ3v) is 2.96. The van der Waals surface area contributed by atoms with Crippen LogP contribution >= 0.6 is 0 Å². The molecule has 19 heavy (non-hydrogen) atoms. The molecule has 0 aliphatic carbocycles. The minimum Gasteiger partial charge on any atom is -0.497 e. The van der Waals surface area contributed by atoms with Crippen molar-refractivity contribution in [3.8, 4) is 5.75 Å². The van der Waals surface area contributed by atoms with Gasteiger partial charge in [0.05, 0.1) is 13.7 Å². The summed E-state index contributed by atoms with van der Waals surface area (Å²) in [6, 6.07) is 16.2. The Bertz CT molecular complexity index is 508. The molecule has 0 atom stereocenters. The Morgan fingerprint density at radius 1 is 0.947 bits per heavy atom. The van der Waals surface area contributed by atoms with Crippen LogP contribution in [0.3, 0.4) is 0 Å². The number of methoxy groups -OCH3 is 2. The molecule has 0 spiro atoms. The number of ether oxygens (including phenoxy) is 2. The van der Waals surface area contributed by atoms with Gasteiger partial charge in [0.1, 0.15) is 5.75 Å². The third-order valence-electron chi connectivity index (χ3n) is 2.96. The zero-order valence-corrected chi connectivity index (χ0v) is 11.3. The molecule has 0 heterocycles. The van der Waals surface area contributed by atoms with Crippen molar-refractivity contribution in [1.82, 2.24) is 0 Å². The van der Waals surface area contributed by atoms with Gasteiger partial charge in [0, 0.05) is 24.9 Å². The molecule has 0 amide bonds. The van der Waals surface area contributed by atoms with Crippen molar-refractivity contribution in [3.05, 3.63) is 59.7 Å². The molecule has 0 aromatic heterocycles. The molecule has 0 bridgehead atoms. The number of benzene rings is 2. The van der Waals surface area contributed by atoms with E-state index in [9.17, 15) is 0 Å². The first kappa shape index (κ1) is 13.4. The molecule has 0 fully saturated rings. The maximum Gasteiger partial charge on any atom is 0.118 e. The highest BCUT2D eigenvalue weighted by Gasteiger charge is 2.01. The van der Waals surface area contributed by atoms with Crippen LogP contribution in [0.4, 0.5) is 5.69 Å². The zero-order chi connectivity index (χ0) is 13.5. The van der Waals surface area contributed by atoms with E-state index in [-0.39, 0.29) is 0 Å². The molecular formula is C16H19NO2. The molecule has 2 aromatic carbocycles. The van der Waals surface area contributed by atoms with Crippen LogP contribution in [-0.4, -0.2) is 14.2 Å². The summed E-state index contributed by atoms with van der Waals surface area (Å²) in [6.45, 7) is 1.40. The lowest BCUT2D eigenvalue weighted by atomic mass is 10.1. The maximum absolute atomic E-state index is 5.19. The molecule has 0 saturated carbocycles. The van der Waals surface area contributed by atoms with Crippen LogP contribution in [0.5, 0.6) is 5.75 Å². The molecule has 3 nitrogen and oxygen atoms in total. The van der Waals surface area contributed by atoms with Gasteiger partial charge in [0.15, 0.2) is 0 Å². The topological polar surface area (TPSA) is 30.5 Å². The Balaban J connectivity index is 2.01. The second kappa shape index (κ2) is 6.81. The smallest absolute Gasteiger partial charge is 0.118 e. The van der Waals surface area contributed by atoms with E-state index in [4.69, 9.17) is 9.47 Å². The van der Waals surface area contributed by atoms with Crippen molar-refractivity contribution in [3.63, 3.8) is 0 Å². The lowest BCUT2D eigenvalue weighted by Gasteiger charge is -2.11. The van der Waals surface area contributed by atoms with Gasteiger partial charge in [-0.15, -0.1) is 0 Å². The lowest BCUT2D eigenvalue weighted by molar-refractivity contribution is 0.185. The summed E-state index contributed by atoms with van der Waals surface area (Å²) in [7, 11) is 3.38. The fourth-order valence-corrected chi connectivity index (χ4v) is 1.91. The summed E-state index contributed by atoms with van der Waals surface area (Å²) >= 11 is 0. The third kappa shape index (κ3) is 3.73. The molecule has 2 rings (SSSR count). The summed E-state index contributed by atoms with van der Waals surface area (Å²) < 4.78 is 10.3. The molecular weight excluding hydrogens is 238 g/mol. The number of anilines is 1. The first-order valence-corrected chi connectivity index (χ1v) is 6.27. The Hall–Kier alpha value is -2.00. The van der Waals surface area contributed by atoms with Crippen LogP contribution in [0.25, 0.3) is 0 Å². The van der Waals surface area contributed by atoms with Crippen LogP contribution in [0, 0.1) is 0 Å². The fourth-order valence-electron chi connectivity index (χ4n) is 1.91. The highest BCUT2D eigenvalue weighted by Crippen LogP contribution is 2.18. The zero-order valence-electron chi connectivity index (χ0n) is 11.3. The van der Waals surface area contributed by atoms with Crippen molar-refractivity contribution in [2.24, 2.45) is 0 Å². The Kier molecular flexibility index (Phi) is 4.81. The Labute approximate surface area is 114 Å². The highest BCUT2D eigenvalue weighted by molar-refractivity contribution is 5.51. The van der Waals surface area contributed by atoms with Crippen LogP contribution in [0.1, 0.15) is 11.1 Å². The minimum atomic E-state index is 0.617. The van der Waals surface area contributed by atoms with E-state index >= 15 is 0 Å².